The molecule has 1 aromatic carbocycles. The highest BCUT2D eigenvalue weighted by Gasteiger charge is 2.41. The number of nitrogens with zero attached hydrogens (tertiary/aromatic N) is 3. The molecule has 28 heavy (non-hydrogen) atoms. The summed E-state index contributed by atoms with van der Waals surface area (Å²) in [5, 5.41) is 10.6. The molecule has 1 aromatic heterocycles. The monoisotopic (exact) mass is 383 g/mol. The Hall–Kier alpha value is -2.67. The molecule has 1 atom stereocenters. The first-order valence-corrected chi connectivity index (χ1v) is 9.60. The maximum atomic E-state index is 13.1. The molecule has 3 heterocycles. The molecule has 1 N–H and O–H groups in total. The first kappa shape index (κ1) is 18.7. The molecule has 0 unspecified atom stereocenters. The molecule has 0 aliphatic carbocycles. The van der Waals surface area contributed by atoms with Gasteiger partial charge in [0.1, 0.15) is 12.2 Å². The van der Waals surface area contributed by atoms with E-state index >= 15 is 0 Å². The Kier molecular flexibility index (Phi) is 4.71. The first-order chi connectivity index (χ1) is 13.4. The molecule has 4 rings (SSSR count). The van der Waals surface area contributed by atoms with Crippen molar-refractivity contribution in [1.82, 2.24) is 14.9 Å². The zero-order valence-corrected chi connectivity index (χ0v) is 16.5. The van der Waals surface area contributed by atoms with Crippen LogP contribution in [0.15, 0.2) is 18.3 Å². The molecule has 1 saturated heterocycles. The lowest BCUT2D eigenvalue weighted by Crippen LogP contribution is -2.47. The Morgan fingerprint density at radius 1 is 1.29 bits per heavy atom. The predicted octanol–water partition coefficient (Wildman–Crippen LogP) is 2.76. The fourth-order valence-corrected chi connectivity index (χ4v) is 3.90. The summed E-state index contributed by atoms with van der Waals surface area (Å²) in [4.78, 5) is 23.8. The highest BCUT2D eigenvalue weighted by Crippen LogP contribution is 2.38. The number of carbonyl (C=O) groups excluding carboxylic acids is 1. The van der Waals surface area contributed by atoms with E-state index in [0.717, 1.165) is 35.4 Å². The maximum absolute atomic E-state index is 13.1. The minimum absolute atomic E-state index is 0.0297. The summed E-state index contributed by atoms with van der Waals surface area (Å²) in [6.45, 7) is 7.36. The first-order valence-electron chi connectivity index (χ1n) is 9.60. The molecule has 2 aliphatic rings. The number of aryl methyl sites for hydroxylation is 2. The molecule has 1 fully saturated rings. The van der Waals surface area contributed by atoms with Crippen molar-refractivity contribution >= 4 is 5.91 Å². The normalized spacial score (nSPS) is 21.8. The van der Waals surface area contributed by atoms with Gasteiger partial charge in [-0.2, -0.15) is 0 Å². The smallest absolute Gasteiger partial charge is 0.254 e. The third-order valence-corrected chi connectivity index (χ3v) is 5.42. The minimum Gasteiger partial charge on any atom is -0.504 e. The van der Waals surface area contributed by atoms with Crippen LogP contribution in [0.3, 0.4) is 0 Å². The topological polar surface area (TPSA) is 84.8 Å². The summed E-state index contributed by atoms with van der Waals surface area (Å²) in [6.07, 6.45) is 3.33. The fraction of sp³-hybridized carbons (Fsp3) is 0.476. The van der Waals surface area contributed by atoms with Crippen molar-refractivity contribution in [3.63, 3.8) is 0 Å². The van der Waals surface area contributed by atoms with Gasteiger partial charge >= 0.3 is 0 Å². The number of rotatable bonds is 2. The van der Waals surface area contributed by atoms with Crippen molar-refractivity contribution in [2.45, 2.75) is 45.8 Å². The van der Waals surface area contributed by atoms with Crippen LogP contribution in [0.4, 0.5) is 0 Å². The summed E-state index contributed by atoms with van der Waals surface area (Å²) in [6, 6.07) is 3.57. The molecule has 7 heteroatoms. The number of aromatic hydroxyl groups is 1. The second kappa shape index (κ2) is 7.05. The van der Waals surface area contributed by atoms with E-state index in [-0.39, 0.29) is 11.7 Å². The van der Waals surface area contributed by atoms with Gasteiger partial charge < -0.3 is 19.5 Å². The molecule has 0 saturated carbocycles. The summed E-state index contributed by atoms with van der Waals surface area (Å²) < 4.78 is 11.5. The van der Waals surface area contributed by atoms with Crippen molar-refractivity contribution in [3.05, 3.63) is 35.3 Å². The van der Waals surface area contributed by atoms with Gasteiger partial charge in [0.15, 0.2) is 11.5 Å². The Bertz CT molecular complexity index is 922. The molecule has 0 spiro atoms. The van der Waals surface area contributed by atoms with Crippen LogP contribution in [-0.2, 0) is 16.1 Å². The fourth-order valence-electron chi connectivity index (χ4n) is 3.90. The predicted molar refractivity (Wildman–Crippen MR) is 103 cm³/mol. The lowest BCUT2D eigenvalue weighted by atomic mass is 10.00. The van der Waals surface area contributed by atoms with E-state index in [1.807, 2.05) is 26.8 Å². The van der Waals surface area contributed by atoms with Crippen LogP contribution in [0.2, 0.25) is 0 Å². The van der Waals surface area contributed by atoms with Crippen LogP contribution in [0.5, 0.6) is 11.5 Å². The van der Waals surface area contributed by atoms with Crippen LogP contribution in [0, 0.1) is 13.8 Å². The Balaban J connectivity index is 1.70. The molecule has 0 radical (unpaired) electrons. The van der Waals surface area contributed by atoms with E-state index in [9.17, 15) is 9.90 Å². The third-order valence-electron chi connectivity index (χ3n) is 5.42. The Labute approximate surface area is 164 Å². The molecule has 2 aromatic rings. The number of hydrogen-bond acceptors (Lipinski definition) is 6. The largest absolute Gasteiger partial charge is 0.504 e. The van der Waals surface area contributed by atoms with E-state index < -0.39 is 5.60 Å². The summed E-state index contributed by atoms with van der Waals surface area (Å²) >= 11 is 0. The van der Waals surface area contributed by atoms with Gasteiger partial charge in [0.25, 0.3) is 5.91 Å². The summed E-state index contributed by atoms with van der Waals surface area (Å²) in [7, 11) is 0. The van der Waals surface area contributed by atoms with Crippen LogP contribution in [0.1, 0.15) is 36.7 Å². The number of phenols is 1. The standard InChI is InChI=1S/C21H25N3O4/c1-13-11-22-14(2)18(23-13)15-9-16-12-24(6-8-27-19(16)17(25)10-15)20(26)21(3)5-4-7-28-21/h9-11,25H,4-8,12H2,1-3H3/t21-/m0/s1. The molecule has 1 amide bonds. The lowest BCUT2D eigenvalue weighted by molar-refractivity contribution is -0.151. The Morgan fingerprint density at radius 2 is 2.11 bits per heavy atom. The van der Waals surface area contributed by atoms with Gasteiger partial charge in [0.05, 0.1) is 23.6 Å². The maximum Gasteiger partial charge on any atom is 0.254 e. The highest BCUT2D eigenvalue weighted by atomic mass is 16.5. The third kappa shape index (κ3) is 3.30. The summed E-state index contributed by atoms with van der Waals surface area (Å²) in [5.74, 6) is 0.445. The second-order valence-electron chi connectivity index (χ2n) is 7.69. The van der Waals surface area contributed by atoms with Crippen molar-refractivity contribution in [1.29, 1.82) is 0 Å². The number of fused-ring (bicyclic) bond motifs is 1. The van der Waals surface area contributed by atoms with E-state index in [2.05, 4.69) is 9.97 Å². The van der Waals surface area contributed by atoms with Crippen LogP contribution in [0.25, 0.3) is 11.3 Å². The number of benzene rings is 1. The van der Waals surface area contributed by atoms with E-state index in [4.69, 9.17) is 9.47 Å². The van der Waals surface area contributed by atoms with Gasteiger partial charge in [0, 0.05) is 30.5 Å². The van der Waals surface area contributed by atoms with Crippen LogP contribution < -0.4 is 4.74 Å². The van der Waals surface area contributed by atoms with Gasteiger partial charge in [-0.3, -0.25) is 9.78 Å². The summed E-state index contributed by atoms with van der Waals surface area (Å²) in [5.41, 5.74) is 3.03. The van der Waals surface area contributed by atoms with Crippen molar-refractivity contribution in [2.75, 3.05) is 19.8 Å². The highest BCUT2D eigenvalue weighted by molar-refractivity contribution is 5.85. The number of phenolic OH excluding ortho intramolecular Hbond substituents is 1. The Morgan fingerprint density at radius 3 is 2.86 bits per heavy atom. The van der Waals surface area contributed by atoms with Gasteiger partial charge in [-0.05, 0) is 45.7 Å². The molecule has 2 aliphatic heterocycles. The van der Waals surface area contributed by atoms with Crippen molar-refractivity contribution in [3.8, 4) is 22.8 Å². The average Bonchev–Trinajstić information content (AvgIpc) is 2.99. The molecule has 148 valence electrons. The van der Waals surface area contributed by atoms with E-state index in [1.54, 1.807) is 17.2 Å². The van der Waals surface area contributed by atoms with Gasteiger partial charge in [-0.15, -0.1) is 0 Å². The average molecular weight is 383 g/mol. The molecule has 0 bridgehead atoms. The van der Waals surface area contributed by atoms with E-state index in [0.29, 0.717) is 37.7 Å². The zero-order chi connectivity index (χ0) is 19.9. The minimum atomic E-state index is -0.775. The molecule has 7 nitrogen and oxygen atoms in total. The van der Waals surface area contributed by atoms with Crippen LogP contribution in [-0.4, -0.2) is 51.2 Å². The number of carbonyl (C=O) groups is 1. The van der Waals surface area contributed by atoms with Crippen molar-refractivity contribution in [2.24, 2.45) is 0 Å². The quantitative estimate of drug-likeness (QED) is 0.858. The van der Waals surface area contributed by atoms with E-state index in [1.165, 1.54) is 0 Å². The number of aromatic nitrogens is 2. The zero-order valence-electron chi connectivity index (χ0n) is 16.5. The van der Waals surface area contributed by atoms with Crippen molar-refractivity contribution < 1.29 is 19.4 Å². The number of hydrogen-bond donors (Lipinski definition) is 1. The number of amides is 1. The SMILES string of the molecule is Cc1cnc(C)c(-c2cc(O)c3c(c2)CN(C(=O)[C@]2(C)CCCO2)CCO3)n1. The van der Waals surface area contributed by atoms with Crippen LogP contribution >= 0.6 is 0 Å². The molecular weight excluding hydrogens is 358 g/mol. The second-order valence-corrected chi connectivity index (χ2v) is 7.69. The van der Waals surface area contributed by atoms with Gasteiger partial charge in [-0.25, -0.2) is 4.98 Å². The number of ether oxygens (including phenoxy) is 2. The molecular formula is C21H25N3O4. The van der Waals surface area contributed by atoms with Gasteiger partial charge in [0.2, 0.25) is 0 Å². The lowest BCUT2D eigenvalue weighted by Gasteiger charge is -2.30. The van der Waals surface area contributed by atoms with Gasteiger partial charge in [-0.1, -0.05) is 0 Å².